The third kappa shape index (κ3) is 4.57. The zero-order chi connectivity index (χ0) is 15.3. The number of sulfone groups is 1. The van der Waals surface area contributed by atoms with Crippen LogP contribution >= 0.6 is 0 Å². The molecule has 0 unspecified atom stereocenters. The number of hydrogen-bond acceptors (Lipinski definition) is 6. The van der Waals surface area contributed by atoms with E-state index in [4.69, 9.17) is 5.73 Å². The molecule has 6 nitrogen and oxygen atoms in total. The van der Waals surface area contributed by atoms with Crippen molar-refractivity contribution in [1.29, 1.82) is 0 Å². The van der Waals surface area contributed by atoms with Crippen LogP contribution in [0.4, 0.5) is 11.4 Å². The van der Waals surface area contributed by atoms with Crippen LogP contribution in [0.25, 0.3) is 0 Å². The van der Waals surface area contributed by atoms with Gasteiger partial charge >= 0.3 is 0 Å². The van der Waals surface area contributed by atoms with Gasteiger partial charge in [0.2, 0.25) is 0 Å². The lowest BCUT2D eigenvalue weighted by Crippen LogP contribution is -2.47. The molecule has 1 aliphatic heterocycles. The summed E-state index contributed by atoms with van der Waals surface area (Å²) in [6, 6.07) is 1.94. The SMILES string of the molecule is CCS(=O)(=O)CCCN1CCN(c2ccncc2N)CC1. The van der Waals surface area contributed by atoms with Crippen molar-refractivity contribution in [3.8, 4) is 0 Å². The van der Waals surface area contributed by atoms with Gasteiger partial charge in [-0.2, -0.15) is 0 Å². The summed E-state index contributed by atoms with van der Waals surface area (Å²) >= 11 is 0. The second kappa shape index (κ2) is 7.09. The lowest BCUT2D eigenvalue weighted by molar-refractivity contribution is 0.259. The van der Waals surface area contributed by atoms with Crippen LogP contribution in [0.1, 0.15) is 13.3 Å². The molecule has 2 heterocycles. The largest absolute Gasteiger partial charge is 0.396 e. The predicted octanol–water partition coefficient (Wildman–Crippen LogP) is 0.611. The van der Waals surface area contributed by atoms with Gasteiger partial charge in [0.05, 0.1) is 23.3 Å². The third-order valence-electron chi connectivity index (χ3n) is 3.91. The molecule has 0 bridgehead atoms. The Bertz CT molecular complexity index is 554. The van der Waals surface area contributed by atoms with Crippen molar-refractivity contribution >= 4 is 21.2 Å². The van der Waals surface area contributed by atoms with Gasteiger partial charge in [-0.05, 0) is 19.0 Å². The van der Waals surface area contributed by atoms with Crippen LogP contribution in [-0.2, 0) is 9.84 Å². The molecule has 1 aliphatic rings. The van der Waals surface area contributed by atoms with Crippen LogP contribution in [0.5, 0.6) is 0 Å². The fraction of sp³-hybridized carbons (Fsp3) is 0.643. The molecule has 1 saturated heterocycles. The number of nitrogens with zero attached hydrogens (tertiary/aromatic N) is 3. The molecule has 2 rings (SSSR count). The lowest BCUT2D eigenvalue weighted by atomic mass is 10.2. The van der Waals surface area contributed by atoms with E-state index >= 15 is 0 Å². The second-order valence-electron chi connectivity index (χ2n) is 5.35. The summed E-state index contributed by atoms with van der Waals surface area (Å²) in [5.74, 6) is 0.531. The first-order chi connectivity index (χ1) is 10.0. The summed E-state index contributed by atoms with van der Waals surface area (Å²) in [4.78, 5) is 8.59. The van der Waals surface area contributed by atoms with Crippen LogP contribution in [-0.4, -0.2) is 62.5 Å². The summed E-state index contributed by atoms with van der Waals surface area (Å²) in [7, 11) is -2.84. The quantitative estimate of drug-likeness (QED) is 0.829. The number of rotatable bonds is 6. The maximum absolute atomic E-state index is 11.5. The van der Waals surface area contributed by atoms with Gasteiger partial charge < -0.3 is 10.6 Å². The van der Waals surface area contributed by atoms with E-state index in [1.807, 2.05) is 6.07 Å². The molecule has 0 spiro atoms. The van der Waals surface area contributed by atoms with Crippen LogP contribution in [0.15, 0.2) is 18.5 Å². The molecular formula is C14H24N4O2S. The molecule has 21 heavy (non-hydrogen) atoms. The minimum atomic E-state index is -2.84. The highest BCUT2D eigenvalue weighted by Gasteiger charge is 2.18. The topological polar surface area (TPSA) is 79.5 Å². The average molecular weight is 312 g/mol. The fourth-order valence-electron chi connectivity index (χ4n) is 2.55. The van der Waals surface area contributed by atoms with Gasteiger partial charge in [-0.25, -0.2) is 8.42 Å². The molecule has 0 aliphatic carbocycles. The number of nitrogens with two attached hydrogens (primary N) is 1. The molecule has 0 atom stereocenters. The molecular weight excluding hydrogens is 288 g/mol. The third-order valence-corrected chi connectivity index (χ3v) is 5.70. The predicted molar refractivity (Wildman–Crippen MR) is 86.2 cm³/mol. The molecule has 0 radical (unpaired) electrons. The Kier molecular flexibility index (Phi) is 5.41. The Morgan fingerprint density at radius 1 is 1.29 bits per heavy atom. The Labute approximate surface area is 126 Å². The highest BCUT2D eigenvalue weighted by Crippen LogP contribution is 2.22. The van der Waals surface area contributed by atoms with Crippen molar-refractivity contribution < 1.29 is 8.42 Å². The van der Waals surface area contributed by atoms with Crippen molar-refractivity contribution in [3.05, 3.63) is 18.5 Å². The molecule has 0 amide bonds. The van der Waals surface area contributed by atoms with Crippen molar-refractivity contribution in [1.82, 2.24) is 9.88 Å². The van der Waals surface area contributed by atoms with Crippen LogP contribution in [0.3, 0.4) is 0 Å². The molecule has 2 N–H and O–H groups in total. The zero-order valence-corrected chi connectivity index (χ0v) is 13.3. The maximum atomic E-state index is 11.5. The van der Waals surface area contributed by atoms with E-state index in [0.717, 1.165) is 38.4 Å². The number of anilines is 2. The number of pyridine rings is 1. The molecule has 0 aromatic carbocycles. The smallest absolute Gasteiger partial charge is 0.150 e. The van der Waals surface area contributed by atoms with E-state index in [-0.39, 0.29) is 5.75 Å². The van der Waals surface area contributed by atoms with Gasteiger partial charge in [-0.15, -0.1) is 0 Å². The maximum Gasteiger partial charge on any atom is 0.150 e. The standard InChI is InChI=1S/C14H24N4O2S/c1-2-21(19,20)11-3-6-17-7-9-18(10-8-17)14-4-5-16-12-13(14)15/h4-5,12H,2-3,6-11,15H2,1H3. The molecule has 118 valence electrons. The normalized spacial score (nSPS) is 17.1. The molecule has 1 aromatic rings. The van der Waals surface area contributed by atoms with Crippen LogP contribution < -0.4 is 10.6 Å². The van der Waals surface area contributed by atoms with Gasteiger partial charge in [0.15, 0.2) is 0 Å². The lowest BCUT2D eigenvalue weighted by Gasteiger charge is -2.36. The van der Waals surface area contributed by atoms with Gasteiger partial charge in [0, 0.05) is 38.1 Å². The average Bonchev–Trinajstić information content (AvgIpc) is 2.48. The molecule has 1 aromatic heterocycles. The van der Waals surface area contributed by atoms with E-state index < -0.39 is 9.84 Å². The molecule has 7 heteroatoms. The van der Waals surface area contributed by atoms with E-state index in [9.17, 15) is 8.42 Å². The van der Waals surface area contributed by atoms with Crippen molar-refractivity contribution in [2.24, 2.45) is 0 Å². The molecule has 1 fully saturated rings. The second-order valence-corrected chi connectivity index (χ2v) is 7.83. The van der Waals surface area contributed by atoms with E-state index in [0.29, 0.717) is 17.9 Å². The summed E-state index contributed by atoms with van der Waals surface area (Å²) in [5.41, 5.74) is 7.69. The minimum Gasteiger partial charge on any atom is -0.396 e. The van der Waals surface area contributed by atoms with Crippen molar-refractivity contribution in [2.75, 3.05) is 54.9 Å². The first-order valence-corrected chi connectivity index (χ1v) is 9.21. The van der Waals surface area contributed by atoms with Gasteiger partial charge in [0.1, 0.15) is 9.84 Å². The number of aromatic nitrogens is 1. The molecule has 0 saturated carbocycles. The minimum absolute atomic E-state index is 0.238. The summed E-state index contributed by atoms with van der Waals surface area (Å²) in [5, 5.41) is 0. The number of nitrogen functional groups attached to an aromatic ring is 1. The monoisotopic (exact) mass is 312 g/mol. The fourth-order valence-corrected chi connectivity index (χ4v) is 3.41. The number of piperazine rings is 1. The van der Waals surface area contributed by atoms with Gasteiger partial charge in [-0.1, -0.05) is 6.92 Å². The first-order valence-electron chi connectivity index (χ1n) is 7.39. The summed E-state index contributed by atoms with van der Waals surface area (Å²) < 4.78 is 22.9. The van der Waals surface area contributed by atoms with Crippen LogP contribution in [0, 0.1) is 0 Å². The summed E-state index contributed by atoms with van der Waals surface area (Å²) in [6.07, 6.45) is 4.15. The number of hydrogen-bond donors (Lipinski definition) is 1. The van der Waals surface area contributed by atoms with E-state index in [1.165, 1.54) is 0 Å². The Morgan fingerprint density at radius 3 is 2.62 bits per heavy atom. The van der Waals surface area contributed by atoms with Gasteiger partial charge in [0.25, 0.3) is 0 Å². The first kappa shape index (κ1) is 16.0. The highest BCUT2D eigenvalue weighted by molar-refractivity contribution is 7.91. The van der Waals surface area contributed by atoms with E-state index in [2.05, 4.69) is 14.8 Å². The van der Waals surface area contributed by atoms with Crippen molar-refractivity contribution in [3.63, 3.8) is 0 Å². The Hall–Kier alpha value is -1.34. The Balaban J connectivity index is 1.77. The highest BCUT2D eigenvalue weighted by atomic mass is 32.2. The van der Waals surface area contributed by atoms with Crippen LogP contribution in [0.2, 0.25) is 0 Å². The summed E-state index contributed by atoms with van der Waals surface area (Å²) in [6.45, 7) is 6.25. The van der Waals surface area contributed by atoms with E-state index in [1.54, 1.807) is 19.3 Å². The van der Waals surface area contributed by atoms with Gasteiger partial charge in [-0.3, -0.25) is 9.88 Å². The zero-order valence-electron chi connectivity index (χ0n) is 12.5. The Morgan fingerprint density at radius 2 is 2.00 bits per heavy atom. The van der Waals surface area contributed by atoms with Crippen molar-refractivity contribution in [2.45, 2.75) is 13.3 Å².